The van der Waals surface area contributed by atoms with Gasteiger partial charge in [0.1, 0.15) is 11.5 Å². The highest BCUT2D eigenvalue weighted by atomic mass is 79.9. The Kier molecular flexibility index (Phi) is 7.81. The monoisotopic (exact) mass is 500 g/mol. The van der Waals surface area contributed by atoms with Gasteiger partial charge in [-0.15, -0.1) is 0 Å². The standard InChI is InChI=1S/C23H18BrClN2O4/c1-15(30-20-12-6-18(24)7-13-20)22(28)27-26-14-16-2-10-21(11-3-16)31-23(29)17-4-8-19(25)9-5-17/h2-15H,1H3,(H,27,28)/b26-14+. The molecule has 3 rings (SSSR count). The van der Waals surface area contributed by atoms with Gasteiger partial charge in [-0.2, -0.15) is 5.10 Å². The molecule has 3 aromatic rings. The maximum absolute atomic E-state index is 12.1. The van der Waals surface area contributed by atoms with Gasteiger partial charge in [-0.25, -0.2) is 10.2 Å². The molecule has 3 aromatic carbocycles. The molecule has 0 heterocycles. The van der Waals surface area contributed by atoms with E-state index in [4.69, 9.17) is 21.1 Å². The number of benzene rings is 3. The maximum Gasteiger partial charge on any atom is 0.343 e. The predicted octanol–water partition coefficient (Wildman–Crippen LogP) is 5.24. The van der Waals surface area contributed by atoms with Gasteiger partial charge in [-0.05, 0) is 85.3 Å². The van der Waals surface area contributed by atoms with Gasteiger partial charge in [0, 0.05) is 9.50 Å². The third-order valence-corrected chi connectivity index (χ3v) is 4.84. The molecule has 0 aliphatic carbocycles. The van der Waals surface area contributed by atoms with Crippen LogP contribution in [0.15, 0.2) is 82.4 Å². The average molecular weight is 502 g/mol. The number of amides is 1. The molecule has 0 aliphatic heterocycles. The van der Waals surface area contributed by atoms with Crippen molar-refractivity contribution in [1.29, 1.82) is 0 Å². The number of hydrogen-bond acceptors (Lipinski definition) is 5. The van der Waals surface area contributed by atoms with Crippen LogP contribution in [0, 0.1) is 0 Å². The number of halogens is 2. The molecule has 1 atom stereocenters. The van der Waals surface area contributed by atoms with E-state index in [1.54, 1.807) is 67.6 Å². The molecule has 31 heavy (non-hydrogen) atoms. The molecular formula is C23H18BrClN2O4. The summed E-state index contributed by atoms with van der Waals surface area (Å²) < 4.78 is 11.8. The van der Waals surface area contributed by atoms with Crippen molar-refractivity contribution in [2.75, 3.05) is 0 Å². The van der Waals surface area contributed by atoms with Gasteiger partial charge in [-0.1, -0.05) is 27.5 Å². The van der Waals surface area contributed by atoms with E-state index < -0.39 is 12.1 Å². The second kappa shape index (κ2) is 10.7. The van der Waals surface area contributed by atoms with Crippen LogP contribution < -0.4 is 14.9 Å². The number of nitrogens with one attached hydrogen (secondary N) is 1. The largest absolute Gasteiger partial charge is 0.481 e. The minimum Gasteiger partial charge on any atom is -0.481 e. The van der Waals surface area contributed by atoms with Gasteiger partial charge >= 0.3 is 5.97 Å². The molecule has 1 N–H and O–H groups in total. The molecule has 1 amide bonds. The zero-order valence-electron chi connectivity index (χ0n) is 16.4. The van der Waals surface area contributed by atoms with E-state index >= 15 is 0 Å². The molecule has 0 aromatic heterocycles. The van der Waals surface area contributed by atoms with E-state index in [1.807, 2.05) is 12.1 Å². The summed E-state index contributed by atoms with van der Waals surface area (Å²) in [5, 5.41) is 4.48. The molecule has 8 heteroatoms. The van der Waals surface area contributed by atoms with Crippen molar-refractivity contribution in [3.05, 3.63) is 93.4 Å². The number of rotatable bonds is 7. The van der Waals surface area contributed by atoms with E-state index in [1.165, 1.54) is 6.21 Å². The first-order valence-corrected chi connectivity index (χ1v) is 10.4. The summed E-state index contributed by atoms with van der Waals surface area (Å²) in [6.45, 7) is 1.64. The highest BCUT2D eigenvalue weighted by Crippen LogP contribution is 2.17. The van der Waals surface area contributed by atoms with Gasteiger partial charge in [0.05, 0.1) is 11.8 Å². The topological polar surface area (TPSA) is 77.0 Å². The number of ether oxygens (including phenoxy) is 2. The van der Waals surface area contributed by atoms with Crippen molar-refractivity contribution >= 4 is 45.6 Å². The summed E-state index contributed by atoms with van der Waals surface area (Å²) in [6, 6.07) is 20.3. The number of hydrogen-bond donors (Lipinski definition) is 1. The first kappa shape index (κ1) is 22.5. The lowest BCUT2D eigenvalue weighted by Crippen LogP contribution is -2.33. The smallest absolute Gasteiger partial charge is 0.343 e. The molecule has 158 valence electrons. The lowest BCUT2D eigenvalue weighted by Gasteiger charge is -2.12. The fourth-order valence-corrected chi connectivity index (χ4v) is 2.80. The van der Waals surface area contributed by atoms with Crippen LogP contribution in [0.25, 0.3) is 0 Å². The number of nitrogens with zero attached hydrogens (tertiary/aromatic N) is 1. The molecule has 0 aliphatic rings. The number of esters is 1. The fraction of sp³-hybridized carbons (Fsp3) is 0.0870. The lowest BCUT2D eigenvalue weighted by molar-refractivity contribution is -0.127. The van der Waals surface area contributed by atoms with E-state index in [9.17, 15) is 9.59 Å². The van der Waals surface area contributed by atoms with Crippen LogP contribution in [0.4, 0.5) is 0 Å². The third-order valence-electron chi connectivity index (χ3n) is 4.05. The van der Waals surface area contributed by atoms with Crippen molar-refractivity contribution in [3.63, 3.8) is 0 Å². The van der Waals surface area contributed by atoms with Gasteiger partial charge in [0.15, 0.2) is 6.10 Å². The summed E-state index contributed by atoms with van der Waals surface area (Å²) in [5.41, 5.74) is 3.55. The van der Waals surface area contributed by atoms with Crippen LogP contribution in [0.5, 0.6) is 11.5 Å². The maximum atomic E-state index is 12.1. The van der Waals surface area contributed by atoms with Gasteiger partial charge < -0.3 is 9.47 Å². The molecule has 0 saturated heterocycles. The Morgan fingerprint density at radius 1 is 0.968 bits per heavy atom. The molecule has 0 fully saturated rings. The van der Waals surface area contributed by atoms with E-state index in [-0.39, 0.29) is 5.91 Å². The van der Waals surface area contributed by atoms with E-state index in [0.717, 1.165) is 4.47 Å². The van der Waals surface area contributed by atoms with Crippen LogP contribution >= 0.6 is 27.5 Å². The predicted molar refractivity (Wildman–Crippen MR) is 123 cm³/mol. The molecule has 0 spiro atoms. The van der Waals surface area contributed by atoms with Crippen molar-refractivity contribution in [2.24, 2.45) is 5.10 Å². The second-order valence-electron chi connectivity index (χ2n) is 6.41. The summed E-state index contributed by atoms with van der Waals surface area (Å²) in [4.78, 5) is 24.2. The zero-order valence-corrected chi connectivity index (χ0v) is 18.8. The first-order valence-electron chi connectivity index (χ1n) is 9.23. The van der Waals surface area contributed by atoms with Crippen molar-refractivity contribution in [2.45, 2.75) is 13.0 Å². The second-order valence-corrected chi connectivity index (χ2v) is 7.77. The number of hydrazone groups is 1. The minimum atomic E-state index is -0.715. The highest BCUT2D eigenvalue weighted by Gasteiger charge is 2.13. The quantitative estimate of drug-likeness (QED) is 0.208. The molecule has 1 unspecified atom stereocenters. The Morgan fingerprint density at radius 2 is 1.58 bits per heavy atom. The van der Waals surface area contributed by atoms with Crippen LogP contribution in [0.2, 0.25) is 5.02 Å². The Morgan fingerprint density at radius 3 is 2.23 bits per heavy atom. The summed E-state index contributed by atoms with van der Waals surface area (Å²) in [6.07, 6.45) is 0.766. The summed E-state index contributed by atoms with van der Waals surface area (Å²) >= 11 is 9.16. The fourth-order valence-electron chi connectivity index (χ4n) is 2.41. The van der Waals surface area contributed by atoms with Crippen molar-refractivity contribution < 1.29 is 19.1 Å². The summed E-state index contributed by atoms with van der Waals surface area (Å²) in [5.74, 6) is 0.106. The van der Waals surface area contributed by atoms with Crippen molar-refractivity contribution in [1.82, 2.24) is 5.43 Å². The zero-order chi connectivity index (χ0) is 22.2. The lowest BCUT2D eigenvalue weighted by atomic mass is 10.2. The van der Waals surface area contributed by atoms with Gasteiger partial charge in [0.2, 0.25) is 0 Å². The van der Waals surface area contributed by atoms with Crippen LogP contribution in [-0.2, 0) is 4.79 Å². The Labute approximate surface area is 193 Å². The number of carbonyl (C=O) groups is 2. The van der Waals surface area contributed by atoms with Crippen LogP contribution in [-0.4, -0.2) is 24.2 Å². The Hall–Kier alpha value is -3.16. The Bertz CT molecular complexity index is 1070. The molecule has 0 radical (unpaired) electrons. The molecule has 0 bridgehead atoms. The van der Waals surface area contributed by atoms with Crippen LogP contribution in [0.1, 0.15) is 22.8 Å². The third kappa shape index (κ3) is 6.94. The average Bonchev–Trinajstić information content (AvgIpc) is 2.77. The molecule has 0 saturated carbocycles. The minimum absolute atomic E-state index is 0.382. The van der Waals surface area contributed by atoms with Gasteiger partial charge in [-0.3, -0.25) is 4.79 Å². The molecule has 6 nitrogen and oxygen atoms in total. The Balaban J connectivity index is 1.49. The van der Waals surface area contributed by atoms with E-state index in [0.29, 0.717) is 27.6 Å². The van der Waals surface area contributed by atoms with Gasteiger partial charge in [0.25, 0.3) is 5.91 Å². The normalized spacial score (nSPS) is 11.7. The SMILES string of the molecule is CC(Oc1ccc(Br)cc1)C(=O)N/N=C/c1ccc(OC(=O)c2ccc(Cl)cc2)cc1. The first-order chi connectivity index (χ1) is 14.9. The number of carbonyl (C=O) groups excluding carboxylic acids is 2. The van der Waals surface area contributed by atoms with E-state index in [2.05, 4.69) is 26.5 Å². The molecular weight excluding hydrogens is 484 g/mol. The summed E-state index contributed by atoms with van der Waals surface area (Å²) in [7, 11) is 0. The highest BCUT2D eigenvalue weighted by molar-refractivity contribution is 9.10. The van der Waals surface area contributed by atoms with Crippen LogP contribution in [0.3, 0.4) is 0 Å². The van der Waals surface area contributed by atoms with Crippen molar-refractivity contribution in [3.8, 4) is 11.5 Å².